The minimum absolute atomic E-state index is 0.0408. The molecule has 2 aromatic rings. The third-order valence-electron chi connectivity index (χ3n) is 2.85. The largest absolute Gasteiger partial charge is 0.287 e. The molecule has 0 spiro atoms. The Morgan fingerprint density at radius 3 is 2.20 bits per heavy atom. The first-order valence-corrected chi connectivity index (χ1v) is 6.26. The monoisotopic (exact) mass is 269 g/mol. The van der Waals surface area contributed by atoms with Gasteiger partial charge in [-0.25, -0.2) is 5.43 Å². The van der Waals surface area contributed by atoms with Gasteiger partial charge in [-0.3, -0.25) is 10.2 Å². The Kier molecular flexibility index (Phi) is 4.97. The lowest BCUT2D eigenvalue weighted by molar-refractivity contribution is 0.0925. The van der Waals surface area contributed by atoms with Gasteiger partial charge in [0.2, 0.25) is 0 Å². The van der Waals surface area contributed by atoms with E-state index in [1.165, 1.54) is 0 Å². The molecule has 2 N–H and O–H groups in total. The second-order valence-electron chi connectivity index (χ2n) is 4.24. The number of benzene rings is 2. The third kappa shape index (κ3) is 3.73. The van der Waals surface area contributed by atoms with E-state index in [9.17, 15) is 9.70 Å². The van der Waals surface area contributed by atoms with Gasteiger partial charge in [-0.2, -0.15) is 4.91 Å². The number of hydrogen-bond donors (Lipinski definition) is 2. The highest BCUT2D eigenvalue weighted by Gasteiger charge is 2.12. The van der Waals surface area contributed by atoms with Gasteiger partial charge in [0, 0.05) is 5.56 Å². The van der Waals surface area contributed by atoms with Crippen LogP contribution < -0.4 is 10.9 Å². The lowest BCUT2D eigenvalue weighted by Crippen LogP contribution is -2.41. The maximum atomic E-state index is 11.9. The summed E-state index contributed by atoms with van der Waals surface area (Å²) in [4.78, 5) is 22.4. The van der Waals surface area contributed by atoms with Crippen molar-refractivity contribution >= 4 is 5.91 Å². The first-order chi connectivity index (χ1) is 9.81. The Balaban J connectivity index is 1.99. The molecule has 0 aliphatic heterocycles. The van der Waals surface area contributed by atoms with Crippen molar-refractivity contribution in [2.45, 2.75) is 6.04 Å². The summed E-state index contributed by atoms with van der Waals surface area (Å²) in [6.07, 6.45) is 0. The third-order valence-corrected chi connectivity index (χ3v) is 2.85. The second-order valence-corrected chi connectivity index (χ2v) is 4.24. The summed E-state index contributed by atoms with van der Waals surface area (Å²) < 4.78 is 0. The van der Waals surface area contributed by atoms with Crippen LogP contribution in [0.25, 0.3) is 0 Å². The molecular formula is C15H15N3O2. The van der Waals surface area contributed by atoms with Gasteiger partial charge >= 0.3 is 0 Å². The fraction of sp³-hybridized carbons (Fsp3) is 0.133. The summed E-state index contributed by atoms with van der Waals surface area (Å²) in [6, 6.07) is 17.9. The maximum absolute atomic E-state index is 11.9. The van der Waals surface area contributed by atoms with Crippen molar-refractivity contribution in [3.05, 3.63) is 76.7 Å². The number of nitrogens with one attached hydrogen (secondary N) is 2. The average Bonchev–Trinajstić information content (AvgIpc) is 2.53. The minimum atomic E-state index is -0.346. The molecule has 0 bridgehead atoms. The van der Waals surface area contributed by atoms with E-state index in [1.54, 1.807) is 24.3 Å². The zero-order valence-corrected chi connectivity index (χ0v) is 10.8. The van der Waals surface area contributed by atoms with Gasteiger partial charge in [0.05, 0.1) is 6.04 Å². The van der Waals surface area contributed by atoms with E-state index in [4.69, 9.17) is 0 Å². The molecule has 5 heteroatoms. The number of carbonyl (C=O) groups is 1. The zero-order valence-electron chi connectivity index (χ0n) is 10.8. The summed E-state index contributed by atoms with van der Waals surface area (Å²) in [5.74, 6) is -0.252. The molecule has 5 nitrogen and oxygen atoms in total. The Labute approximate surface area is 117 Å². The van der Waals surface area contributed by atoms with Crippen LogP contribution in [0.1, 0.15) is 22.0 Å². The van der Waals surface area contributed by atoms with Crippen molar-refractivity contribution in [1.82, 2.24) is 10.9 Å². The first kappa shape index (κ1) is 13.9. The fourth-order valence-corrected chi connectivity index (χ4v) is 1.81. The fourth-order valence-electron chi connectivity index (χ4n) is 1.81. The van der Waals surface area contributed by atoms with Gasteiger partial charge in [-0.1, -0.05) is 53.7 Å². The molecule has 0 aromatic heterocycles. The van der Waals surface area contributed by atoms with Crippen molar-refractivity contribution in [3.63, 3.8) is 0 Å². The summed E-state index contributed by atoms with van der Waals surface area (Å²) >= 11 is 0. The normalized spacial score (nSPS) is 11.6. The SMILES string of the molecule is O=NCC(NNC(=O)c1ccccc1)c1ccccc1. The molecule has 102 valence electrons. The van der Waals surface area contributed by atoms with E-state index in [0.717, 1.165) is 5.56 Å². The molecule has 2 rings (SSSR count). The van der Waals surface area contributed by atoms with E-state index in [1.807, 2.05) is 36.4 Å². The molecule has 0 heterocycles. The molecule has 1 unspecified atom stereocenters. The summed E-state index contributed by atoms with van der Waals surface area (Å²) in [5.41, 5.74) is 6.87. The molecule has 2 aromatic carbocycles. The van der Waals surface area contributed by atoms with Gasteiger partial charge in [0.25, 0.3) is 5.91 Å². The van der Waals surface area contributed by atoms with Crippen LogP contribution in [0.4, 0.5) is 0 Å². The number of hydrogen-bond acceptors (Lipinski definition) is 4. The van der Waals surface area contributed by atoms with Gasteiger partial charge in [0.15, 0.2) is 0 Å². The van der Waals surface area contributed by atoms with Gasteiger partial charge in [0.1, 0.15) is 6.54 Å². The summed E-state index contributed by atoms with van der Waals surface area (Å²) in [6.45, 7) is 0.0408. The molecule has 0 saturated carbocycles. The van der Waals surface area contributed by atoms with Crippen molar-refractivity contribution < 1.29 is 4.79 Å². The average molecular weight is 269 g/mol. The Bertz CT molecular complexity index is 558. The lowest BCUT2D eigenvalue weighted by atomic mass is 10.1. The van der Waals surface area contributed by atoms with Gasteiger partial charge in [-0.05, 0) is 17.7 Å². The molecular weight excluding hydrogens is 254 g/mol. The predicted molar refractivity (Wildman–Crippen MR) is 76.9 cm³/mol. The topological polar surface area (TPSA) is 70.6 Å². The number of amides is 1. The Morgan fingerprint density at radius 1 is 1.00 bits per heavy atom. The number of rotatable bonds is 6. The molecule has 20 heavy (non-hydrogen) atoms. The minimum Gasteiger partial charge on any atom is -0.287 e. The lowest BCUT2D eigenvalue weighted by Gasteiger charge is -2.16. The van der Waals surface area contributed by atoms with Crippen molar-refractivity contribution in [2.24, 2.45) is 5.18 Å². The molecule has 1 amide bonds. The standard InChI is InChI=1S/C15H15N3O2/c19-15(13-9-5-2-6-10-13)18-17-14(11-16-20)12-7-3-1-4-8-12/h1-10,14,17H,11H2,(H,18,19). The summed E-state index contributed by atoms with van der Waals surface area (Å²) in [5, 5.41) is 2.90. The molecule has 0 aliphatic rings. The second kappa shape index (κ2) is 7.16. The van der Waals surface area contributed by atoms with E-state index in [-0.39, 0.29) is 18.5 Å². The van der Waals surface area contributed by atoms with Crippen molar-refractivity contribution in [2.75, 3.05) is 6.54 Å². The Hall–Kier alpha value is -2.53. The first-order valence-electron chi connectivity index (χ1n) is 6.26. The Morgan fingerprint density at radius 2 is 1.60 bits per heavy atom. The molecule has 0 radical (unpaired) electrons. The van der Waals surface area contributed by atoms with Crippen LogP contribution in [0.5, 0.6) is 0 Å². The van der Waals surface area contributed by atoms with Crippen LogP contribution in [-0.4, -0.2) is 12.5 Å². The van der Waals surface area contributed by atoms with E-state index < -0.39 is 0 Å². The molecule has 1 atom stereocenters. The molecule has 0 saturated heterocycles. The van der Waals surface area contributed by atoms with E-state index >= 15 is 0 Å². The van der Waals surface area contributed by atoms with Crippen LogP contribution in [-0.2, 0) is 0 Å². The number of hydrazine groups is 1. The number of nitrogens with zero attached hydrogens (tertiary/aromatic N) is 1. The van der Waals surface area contributed by atoms with Crippen LogP contribution in [0.15, 0.2) is 65.8 Å². The highest BCUT2D eigenvalue weighted by molar-refractivity contribution is 5.93. The maximum Gasteiger partial charge on any atom is 0.265 e. The van der Waals surface area contributed by atoms with E-state index in [0.29, 0.717) is 5.56 Å². The van der Waals surface area contributed by atoms with Crippen LogP contribution in [0.2, 0.25) is 0 Å². The van der Waals surface area contributed by atoms with Gasteiger partial charge in [-0.15, -0.1) is 0 Å². The highest BCUT2D eigenvalue weighted by atomic mass is 16.3. The van der Waals surface area contributed by atoms with Crippen LogP contribution in [0, 0.1) is 4.91 Å². The number of nitroso groups, excluding NO2 is 1. The van der Waals surface area contributed by atoms with Crippen LogP contribution in [0.3, 0.4) is 0 Å². The van der Waals surface area contributed by atoms with Crippen molar-refractivity contribution in [3.8, 4) is 0 Å². The van der Waals surface area contributed by atoms with E-state index in [2.05, 4.69) is 16.0 Å². The van der Waals surface area contributed by atoms with Gasteiger partial charge < -0.3 is 0 Å². The predicted octanol–water partition coefficient (Wildman–Crippen LogP) is 2.43. The zero-order chi connectivity index (χ0) is 14.2. The van der Waals surface area contributed by atoms with Crippen molar-refractivity contribution in [1.29, 1.82) is 0 Å². The molecule has 0 aliphatic carbocycles. The smallest absolute Gasteiger partial charge is 0.265 e. The molecule has 0 fully saturated rings. The number of carbonyl (C=O) groups excluding carboxylic acids is 1. The quantitative estimate of drug-likeness (QED) is 0.625. The van der Waals surface area contributed by atoms with Crippen LogP contribution >= 0.6 is 0 Å². The highest BCUT2D eigenvalue weighted by Crippen LogP contribution is 2.12. The summed E-state index contributed by atoms with van der Waals surface area (Å²) in [7, 11) is 0.